The molecule has 0 aliphatic heterocycles. The summed E-state index contributed by atoms with van der Waals surface area (Å²) in [5.74, 6) is 0.791. The van der Waals surface area contributed by atoms with Crippen molar-refractivity contribution in [2.75, 3.05) is 0 Å². The van der Waals surface area contributed by atoms with Crippen LogP contribution in [0.15, 0.2) is 35.1 Å². The van der Waals surface area contributed by atoms with E-state index < -0.39 is 0 Å². The fourth-order valence-electron chi connectivity index (χ4n) is 2.00. The van der Waals surface area contributed by atoms with Gasteiger partial charge in [0.05, 0.1) is 12.4 Å². The highest BCUT2D eigenvalue weighted by atomic mass is 79.9. The molecule has 2 aromatic rings. The molecule has 1 saturated carbocycles. The minimum Gasteiger partial charge on any atom is -0.486 e. The third-order valence-corrected chi connectivity index (χ3v) is 4.10. The lowest BCUT2D eigenvalue weighted by Crippen LogP contribution is -2.15. The van der Waals surface area contributed by atoms with E-state index in [-0.39, 0.29) is 0 Å². The van der Waals surface area contributed by atoms with E-state index in [1.807, 2.05) is 13.2 Å². The largest absolute Gasteiger partial charge is 0.486 e. The first kappa shape index (κ1) is 13.6. The predicted octanol–water partition coefficient (Wildman–Crippen LogP) is 3.01. The maximum atomic E-state index is 5.71. The van der Waals surface area contributed by atoms with E-state index in [0.717, 1.165) is 28.4 Å². The van der Waals surface area contributed by atoms with Crippen molar-refractivity contribution in [3.05, 3.63) is 46.2 Å². The molecular formula is C15H18BrN3O. The number of aryl methyl sites for hydroxylation is 1. The maximum Gasteiger partial charge on any atom is 0.157 e. The van der Waals surface area contributed by atoms with E-state index in [9.17, 15) is 0 Å². The molecule has 1 aromatic carbocycles. The van der Waals surface area contributed by atoms with Crippen molar-refractivity contribution in [2.45, 2.75) is 32.0 Å². The van der Waals surface area contributed by atoms with Gasteiger partial charge in [0.1, 0.15) is 6.61 Å². The van der Waals surface area contributed by atoms with Crippen LogP contribution in [0, 0.1) is 0 Å². The molecule has 1 fully saturated rings. The van der Waals surface area contributed by atoms with Gasteiger partial charge in [-0.25, -0.2) is 0 Å². The number of hydrogen-bond donors (Lipinski definition) is 1. The molecule has 20 heavy (non-hydrogen) atoms. The minimum absolute atomic E-state index is 0.544. The minimum atomic E-state index is 0.544. The van der Waals surface area contributed by atoms with Gasteiger partial charge >= 0.3 is 0 Å². The first-order valence-electron chi connectivity index (χ1n) is 6.83. The Morgan fingerprint density at radius 2 is 2.30 bits per heavy atom. The molecule has 1 aromatic heterocycles. The quantitative estimate of drug-likeness (QED) is 0.881. The summed E-state index contributed by atoms with van der Waals surface area (Å²) in [5.41, 5.74) is 2.44. The Bertz CT molecular complexity index is 593. The number of aromatic nitrogens is 2. The molecule has 3 rings (SSSR count). The normalized spacial score (nSPS) is 14.5. The standard InChI is InChI=1S/C15H18BrN3O/c1-19-9-14(8-18-19)20-10-12-3-2-11(6-15(12)16)7-17-13-4-5-13/h2-3,6,8-9,13,17H,4-5,7,10H2,1H3. The number of nitrogens with zero attached hydrogens (tertiary/aromatic N) is 2. The molecule has 1 heterocycles. The molecule has 1 aliphatic carbocycles. The van der Waals surface area contributed by atoms with Crippen molar-refractivity contribution in [2.24, 2.45) is 7.05 Å². The van der Waals surface area contributed by atoms with Crippen molar-refractivity contribution in [1.29, 1.82) is 0 Å². The summed E-state index contributed by atoms with van der Waals surface area (Å²) in [6, 6.07) is 7.17. The molecule has 4 nitrogen and oxygen atoms in total. The van der Waals surface area contributed by atoms with Gasteiger partial charge in [0, 0.05) is 29.7 Å². The van der Waals surface area contributed by atoms with E-state index in [0.29, 0.717) is 6.61 Å². The Morgan fingerprint density at radius 1 is 1.45 bits per heavy atom. The van der Waals surface area contributed by atoms with Gasteiger partial charge in [-0.15, -0.1) is 0 Å². The van der Waals surface area contributed by atoms with E-state index in [4.69, 9.17) is 4.74 Å². The zero-order valence-electron chi connectivity index (χ0n) is 11.5. The van der Waals surface area contributed by atoms with Crippen LogP contribution in [0.5, 0.6) is 5.75 Å². The Hall–Kier alpha value is -1.33. The Morgan fingerprint density at radius 3 is 2.95 bits per heavy atom. The van der Waals surface area contributed by atoms with Gasteiger partial charge in [-0.05, 0) is 24.5 Å². The highest BCUT2D eigenvalue weighted by molar-refractivity contribution is 9.10. The number of rotatable bonds is 6. The van der Waals surface area contributed by atoms with E-state index in [1.54, 1.807) is 10.9 Å². The molecule has 0 bridgehead atoms. The van der Waals surface area contributed by atoms with Gasteiger partial charge in [0.15, 0.2) is 5.75 Å². The van der Waals surface area contributed by atoms with Crippen LogP contribution in [-0.2, 0) is 20.2 Å². The first-order chi connectivity index (χ1) is 9.70. The van der Waals surface area contributed by atoms with Crippen molar-refractivity contribution in [3.63, 3.8) is 0 Å². The number of hydrogen-bond acceptors (Lipinski definition) is 3. The highest BCUT2D eigenvalue weighted by Crippen LogP contribution is 2.23. The Kier molecular flexibility index (Phi) is 4.08. The van der Waals surface area contributed by atoms with E-state index in [1.165, 1.54) is 18.4 Å². The second-order valence-corrected chi connectivity index (χ2v) is 6.07. The smallest absolute Gasteiger partial charge is 0.157 e. The Balaban J connectivity index is 1.58. The first-order valence-corrected chi connectivity index (χ1v) is 7.62. The van der Waals surface area contributed by atoms with Gasteiger partial charge in [0.25, 0.3) is 0 Å². The van der Waals surface area contributed by atoms with Crippen molar-refractivity contribution in [3.8, 4) is 5.75 Å². The SMILES string of the molecule is Cn1cc(OCc2ccc(CNC3CC3)cc2Br)cn1. The lowest BCUT2D eigenvalue weighted by Gasteiger charge is -2.09. The van der Waals surface area contributed by atoms with Crippen LogP contribution in [0.2, 0.25) is 0 Å². The zero-order valence-corrected chi connectivity index (χ0v) is 13.1. The zero-order chi connectivity index (χ0) is 13.9. The van der Waals surface area contributed by atoms with Gasteiger partial charge in [-0.2, -0.15) is 5.10 Å². The molecule has 0 unspecified atom stereocenters. The van der Waals surface area contributed by atoms with Crippen LogP contribution in [0.25, 0.3) is 0 Å². The molecule has 0 amide bonds. The van der Waals surface area contributed by atoms with E-state index in [2.05, 4.69) is 44.5 Å². The molecule has 0 atom stereocenters. The average Bonchev–Trinajstić information content (AvgIpc) is 3.17. The molecular weight excluding hydrogens is 318 g/mol. The van der Waals surface area contributed by atoms with Crippen LogP contribution in [-0.4, -0.2) is 15.8 Å². The second-order valence-electron chi connectivity index (χ2n) is 5.22. The summed E-state index contributed by atoms with van der Waals surface area (Å²) in [4.78, 5) is 0. The van der Waals surface area contributed by atoms with Crippen molar-refractivity contribution < 1.29 is 4.74 Å². The summed E-state index contributed by atoms with van der Waals surface area (Å²) in [6.07, 6.45) is 6.22. The van der Waals surface area contributed by atoms with Gasteiger partial charge in [-0.1, -0.05) is 28.1 Å². The molecule has 0 spiro atoms. The lowest BCUT2D eigenvalue weighted by molar-refractivity contribution is 0.305. The topological polar surface area (TPSA) is 39.1 Å². The van der Waals surface area contributed by atoms with Crippen LogP contribution in [0.3, 0.4) is 0 Å². The van der Waals surface area contributed by atoms with Gasteiger partial charge in [0.2, 0.25) is 0 Å². The van der Waals surface area contributed by atoms with Crippen LogP contribution >= 0.6 is 15.9 Å². The van der Waals surface area contributed by atoms with Crippen LogP contribution in [0.4, 0.5) is 0 Å². The van der Waals surface area contributed by atoms with Gasteiger partial charge < -0.3 is 10.1 Å². The third-order valence-electron chi connectivity index (χ3n) is 3.37. The molecule has 1 aliphatic rings. The number of benzene rings is 1. The summed E-state index contributed by atoms with van der Waals surface area (Å²) >= 11 is 3.62. The van der Waals surface area contributed by atoms with Crippen molar-refractivity contribution in [1.82, 2.24) is 15.1 Å². The van der Waals surface area contributed by atoms with Crippen molar-refractivity contribution >= 4 is 15.9 Å². The van der Waals surface area contributed by atoms with E-state index >= 15 is 0 Å². The summed E-state index contributed by atoms with van der Waals surface area (Å²) < 4.78 is 8.54. The highest BCUT2D eigenvalue weighted by Gasteiger charge is 2.19. The predicted molar refractivity (Wildman–Crippen MR) is 81.5 cm³/mol. The molecule has 0 saturated heterocycles. The average molecular weight is 336 g/mol. The summed E-state index contributed by atoms with van der Waals surface area (Å²) in [7, 11) is 1.88. The second kappa shape index (κ2) is 5.97. The maximum absolute atomic E-state index is 5.71. The lowest BCUT2D eigenvalue weighted by atomic mass is 10.1. The third kappa shape index (κ3) is 3.61. The number of halogens is 1. The number of nitrogens with one attached hydrogen (secondary N) is 1. The van der Waals surface area contributed by atoms with Crippen LogP contribution < -0.4 is 10.1 Å². The molecule has 0 radical (unpaired) electrons. The van der Waals surface area contributed by atoms with Crippen LogP contribution in [0.1, 0.15) is 24.0 Å². The fourth-order valence-corrected chi connectivity index (χ4v) is 2.54. The molecule has 5 heteroatoms. The summed E-state index contributed by atoms with van der Waals surface area (Å²) in [6.45, 7) is 1.48. The molecule has 106 valence electrons. The fraction of sp³-hybridized carbons (Fsp3) is 0.400. The Labute approximate surface area is 127 Å². The number of ether oxygens (including phenoxy) is 1. The monoisotopic (exact) mass is 335 g/mol. The summed E-state index contributed by atoms with van der Waals surface area (Å²) in [5, 5.41) is 7.60. The van der Waals surface area contributed by atoms with Gasteiger partial charge in [-0.3, -0.25) is 4.68 Å². The molecule has 1 N–H and O–H groups in total.